The molecule has 1 N–H and O–H groups in total. The lowest BCUT2D eigenvalue weighted by Gasteiger charge is -2.19. The maximum Gasteiger partial charge on any atom is 0.254 e. The Balaban J connectivity index is 1.91. The number of nitrogens with one attached hydrogen (secondary N) is 1. The van der Waals surface area contributed by atoms with E-state index in [9.17, 15) is 17.6 Å². The number of sulfone groups is 1. The fourth-order valence-corrected chi connectivity index (χ4v) is 4.75. The third-order valence-electron chi connectivity index (χ3n) is 4.87. The molecule has 156 valence electrons. The Hall–Kier alpha value is -3.06. The lowest BCUT2D eigenvalue weighted by Crippen LogP contribution is -2.32. The van der Waals surface area contributed by atoms with Crippen molar-refractivity contribution in [2.75, 3.05) is 6.54 Å². The van der Waals surface area contributed by atoms with Gasteiger partial charge < -0.3 is 5.32 Å². The van der Waals surface area contributed by atoms with Gasteiger partial charge in [0.2, 0.25) is 0 Å². The molecule has 30 heavy (non-hydrogen) atoms. The normalized spacial score (nSPS) is 12.5. The quantitative estimate of drug-likeness (QED) is 0.612. The predicted molar refractivity (Wildman–Crippen MR) is 113 cm³/mol. The second-order valence-corrected chi connectivity index (χ2v) is 9.36. The molecular weight excluding hydrogens is 403 g/mol. The Morgan fingerprint density at radius 2 is 1.70 bits per heavy atom. The van der Waals surface area contributed by atoms with Crippen molar-refractivity contribution in [2.24, 2.45) is 0 Å². The van der Waals surface area contributed by atoms with E-state index in [1.54, 1.807) is 48.7 Å². The standard InChI is InChI=1S/C23H23FN2O3S/c1-16(2)17-9-11-19(12-10-17)30(28,29)22(18-6-5-13-25-14-18)15-26-23(27)20-7-3-4-8-21(20)24/h3-14,16,22H,15H2,1-2H3,(H,26,27). The van der Waals surface area contributed by atoms with Crippen molar-refractivity contribution in [3.63, 3.8) is 0 Å². The summed E-state index contributed by atoms with van der Waals surface area (Å²) in [7, 11) is -3.83. The maximum absolute atomic E-state index is 13.9. The summed E-state index contributed by atoms with van der Waals surface area (Å²) in [6.45, 7) is 3.84. The van der Waals surface area contributed by atoms with E-state index in [0.29, 0.717) is 5.56 Å². The number of hydrogen-bond donors (Lipinski definition) is 1. The number of benzene rings is 2. The summed E-state index contributed by atoms with van der Waals surface area (Å²) in [4.78, 5) is 16.6. The Kier molecular flexibility index (Phi) is 6.62. The molecule has 0 bridgehead atoms. The molecule has 1 aromatic heterocycles. The first-order valence-corrected chi connectivity index (χ1v) is 11.1. The Bertz CT molecular complexity index is 1110. The molecule has 5 nitrogen and oxygen atoms in total. The molecule has 0 saturated carbocycles. The number of carbonyl (C=O) groups excluding carboxylic acids is 1. The average molecular weight is 427 g/mol. The van der Waals surface area contributed by atoms with Crippen LogP contribution in [-0.4, -0.2) is 25.9 Å². The van der Waals surface area contributed by atoms with Crippen molar-refractivity contribution in [3.05, 3.63) is 95.6 Å². The molecule has 0 aliphatic carbocycles. The summed E-state index contributed by atoms with van der Waals surface area (Å²) in [5.41, 5.74) is 1.33. The molecule has 1 atom stereocenters. The van der Waals surface area contributed by atoms with E-state index in [-0.39, 0.29) is 22.9 Å². The van der Waals surface area contributed by atoms with Crippen LogP contribution in [0.15, 0.2) is 78.0 Å². The first-order valence-electron chi connectivity index (χ1n) is 9.57. The van der Waals surface area contributed by atoms with Crippen molar-refractivity contribution in [1.82, 2.24) is 10.3 Å². The Labute approximate surface area is 175 Å². The molecule has 0 fully saturated rings. The van der Waals surface area contributed by atoms with E-state index in [4.69, 9.17) is 0 Å². The summed E-state index contributed by atoms with van der Waals surface area (Å²) < 4.78 is 40.7. The lowest BCUT2D eigenvalue weighted by molar-refractivity contribution is 0.0949. The van der Waals surface area contributed by atoms with Crippen LogP contribution >= 0.6 is 0 Å². The highest BCUT2D eigenvalue weighted by Crippen LogP contribution is 2.29. The van der Waals surface area contributed by atoms with Crippen LogP contribution < -0.4 is 5.32 Å². The monoisotopic (exact) mass is 426 g/mol. The van der Waals surface area contributed by atoms with Crippen molar-refractivity contribution in [2.45, 2.75) is 29.9 Å². The van der Waals surface area contributed by atoms with Crippen molar-refractivity contribution >= 4 is 15.7 Å². The fraction of sp³-hybridized carbons (Fsp3) is 0.217. The zero-order valence-electron chi connectivity index (χ0n) is 16.7. The number of carbonyl (C=O) groups is 1. The van der Waals surface area contributed by atoms with Crippen LogP contribution in [-0.2, 0) is 9.84 Å². The maximum atomic E-state index is 13.9. The van der Waals surface area contributed by atoms with E-state index in [2.05, 4.69) is 10.3 Å². The van der Waals surface area contributed by atoms with Crippen LogP contribution in [0.25, 0.3) is 0 Å². The van der Waals surface area contributed by atoms with Gasteiger partial charge in [0.05, 0.1) is 10.5 Å². The van der Waals surface area contributed by atoms with Gasteiger partial charge in [-0.15, -0.1) is 0 Å². The summed E-state index contributed by atoms with van der Waals surface area (Å²) >= 11 is 0. The first-order chi connectivity index (χ1) is 14.3. The average Bonchev–Trinajstić information content (AvgIpc) is 2.74. The summed E-state index contributed by atoms with van der Waals surface area (Å²) in [5.74, 6) is -1.07. The molecule has 1 unspecified atom stereocenters. The lowest BCUT2D eigenvalue weighted by atomic mass is 10.0. The minimum atomic E-state index is -3.83. The third kappa shape index (κ3) is 4.74. The smallest absolute Gasteiger partial charge is 0.254 e. The number of pyridine rings is 1. The molecule has 1 amide bonds. The van der Waals surface area contributed by atoms with Gasteiger partial charge in [-0.05, 0) is 47.4 Å². The molecule has 0 aliphatic rings. The molecule has 0 aliphatic heterocycles. The van der Waals surface area contributed by atoms with Gasteiger partial charge in [-0.25, -0.2) is 12.8 Å². The molecule has 0 saturated heterocycles. The molecule has 3 aromatic rings. The van der Waals surface area contributed by atoms with Crippen molar-refractivity contribution in [1.29, 1.82) is 0 Å². The largest absolute Gasteiger partial charge is 0.350 e. The zero-order valence-corrected chi connectivity index (χ0v) is 17.6. The number of amides is 1. The molecule has 0 spiro atoms. The summed E-state index contributed by atoms with van der Waals surface area (Å²) in [5, 5.41) is 1.49. The van der Waals surface area contributed by atoms with Gasteiger partial charge in [0, 0.05) is 18.9 Å². The van der Waals surface area contributed by atoms with Gasteiger partial charge in [-0.3, -0.25) is 9.78 Å². The topological polar surface area (TPSA) is 76.1 Å². The molecule has 3 rings (SSSR count). The molecule has 2 aromatic carbocycles. The minimum Gasteiger partial charge on any atom is -0.350 e. The molecule has 7 heteroatoms. The van der Waals surface area contributed by atoms with Gasteiger partial charge in [0.1, 0.15) is 11.1 Å². The highest BCUT2D eigenvalue weighted by Gasteiger charge is 2.30. The Morgan fingerprint density at radius 1 is 1.00 bits per heavy atom. The number of rotatable bonds is 7. The van der Waals surface area contributed by atoms with E-state index < -0.39 is 26.8 Å². The van der Waals surface area contributed by atoms with Crippen molar-refractivity contribution in [3.8, 4) is 0 Å². The van der Waals surface area contributed by atoms with Crippen LogP contribution in [0.3, 0.4) is 0 Å². The second-order valence-electron chi connectivity index (χ2n) is 7.23. The van der Waals surface area contributed by atoms with E-state index in [0.717, 1.165) is 5.56 Å². The first kappa shape index (κ1) is 21.6. The van der Waals surface area contributed by atoms with Crippen LogP contribution in [0.1, 0.15) is 46.5 Å². The molecule has 1 heterocycles. The SMILES string of the molecule is CC(C)c1ccc(S(=O)(=O)C(CNC(=O)c2ccccc2F)c2cccnc2)cc1. The van der Waals surface area contributed by atoms with Crippen LogP contribution in [0.2, 0.25) is 0 Å². The van der Waals surface area contributed by atoms with Gasteiger partial charge in [0.15, 0.2) is 9.84 Å². The second kappa shape index (κ2) is 9.17. The van der Waals surface area contributed by atoms with E-state index >= 15 is 0 Å². The highest BCUT2D eigenvalue weighted by atomic mass is 32.2. The van der Waals surface area contributed by atoms with E-state index in [1.807, 2.05) is 13.8 Å². The molecular formula is C23H23FN2O3S. The van der Waals surface area contributed by atoms with Crippen LogP contribution in [0.5, 0.6) is 0 Å². The van der Waals surface area contributed by atoms with Gasteiger partial charge in [0.25, 0.3) is 5.91 Å². The molecule has 0 radical (unpaired) electrons. The van der Waals surface area contributed by atoms with Crippen LogP contribution in [0.4, 0.5) is 4.39 Å². The van der Waals surface area contributed by atoms with Crippen molar-refractivity contribution < 1.29 is 17.6 Å². The van der Waals surface area contributed by atoms with Gasteiger partial charge in [-0.2, -0.15) is 0 Å². The summed E-state index contributed by atoms with van der Waals surface area (Å²) in [6, 6.07) is 15.6. The summed E-state index contributed by atoms with van der Waals surface area (Å²) in [6.07, 6.45) is 3.00. The third-order valence-corrected chi connectivity index (χ3v) is 6.99. The predicted octanol–water partition coefficient (Wildman–Crippen LogP) is 4.29. The highest BCUT2D eigenvalue weighted by molar-refractivity contribution is 7.91. The Morgan fingerprint density at radius 3 is 2.30 bits per heavy atom. The van der Waals surface area contributed by atoms with E-state index in [1.165, 1.54) is 24.4 Å². The fourth-order valence-electron chi connectivity index (χ4n) is 3.11. The zero-order chi connectivity index (χ0) is 21.7. The minimum absolute atomic E-state index is 0.138. The number of hydrogen-bond acceptors (Lipinski definition) is 4. The number of aromatic nitrogens is 1. The van der Waals surface area contributed by atoms with Crippen LogP contribution in [0, 0.1) is 5.82 Å². The number of halogens is 1. The van der Waals surface area contributed by atoms with Gasteiger partial charge in [-0.1, -0.05) is 44.2 Å². The number of nitrogens with zero attached hydrogens (tertiary/aromatic N) is 1. The van der Waals surface area contributed by atoms with Gasteiger partial charge >= 0.3 is 0 Å².